The Hall–Kier alpha value is -2.68. The summed E-state index contributed by atoms with van der Waals surface area (Å²) in [6.07, 6.45) is 0.955. The fraction of sp³-hybridized carbons (Fsp3) is 0.529. The second kappa shape index (κ2) is 6.24. The van der Waals surface area contributed by atoms with Crippen molar-refractivity contribution in [2.45, 2.75) is 32.2 Å². The van der Waals surface area contributed by atoms with Crippen LogP contribution in [0.2, 0.25) is 0 Å². The van der Waals surface area contributed by atoms with Gasteiger partial charge in [0.25, 0.3) is 11.8 Å². The lowest BCUT2D eigenvalue weighted by atomic mass is 9.87. The molecule has 2 unspecified atom stereocenters. The predicted molar refractivity (Wildman–Crippen MR) is 89.8 cm³/mol. The molecule has 1 aromatic rings. The number of nitrogens with zero attached hydrogens (tertiary/aromatic N) is 2. The van der Waals surface area contributed by atoms with Crippen molar-refractivity contribution >= 4 is 17.9 Å². The topological polar surface area (TPSA) is 110 Å². The number of alkyl carbamates (subject to hydrolysis) is 1. The van der Waals surface area contributed by atoms with E-state index < -0.39 is 17.5 Å². The zero-order chi connectivity index (χ0) is 19.1. The molecule has 3 amide bonds. The van der Waals surface area contributed by atoms with Gasteiger partial charge in [-0.1, -0.05) is 13.8 Å². The van der Waals surface area contributed by atoms with Crippen LogP contribution in [0.5, 0.6) is 0 Å². The molecule has 2 aliphatic heterocycles. The number of ether oxygens (including phenoxy) is 2. The predicted octanol–water partition coefficient (Wildman–Crippen LogP) is 0.565. The van der Waals surface area contributed by atoms with E-state index in [4.69, 9.17) is 4.74 Å². The van der Waals surface area contributed by atoms with Crippen LogP contribution in [-0.2, 0) is 20.1 Å². The smallest absolute Gasteiger partial charge is 0.406 e. The summed E-state index contributed by atoms with van der Waals surface area (Å²) in [7, 11) is 1.26. The summed E-state index contributed by atoms with van der Waals surface area (Å²) in [4.78, 5) is 42.8. The molecule has 3 rings (SSSR count). The van der Waals surface area contributed by atoms with Gasteiger partial charge in [0.15, 0.2) is 0 Å². The second-order valence-corrected chi connectivity index (χ2v) is 6.71. The van der Waals surface area contributed by atoms with Crippen molar-refractivity contribution in [1.29, 1.82) is 0 Å². The lowest BCUT2D eigenvalue weighted by molar-refractivity contribution is -0.155. The van der Waals surface area contributed by atoms with Crippen molar-refractivity contribution in [3.63, 3.8) is 0 Å². The third kappa shape index (κ3) is 2.34. The van der Waals surface area contributed by atoms with Gasteiger partial charge < -0.3 is 20.1 Å². The lowest BCUT2D eigenvalue weighted by Gasteiger charge is -2.39. The second-order valence-electron chi connectivity index (χ2n) is 6.71. The first kappa shape index (κ1) is 18.1. The molecule has 0 saturated carbocycles. The number of fused-ring (bicyclic) bond motifs is 3. The van der Waals surface area contributed by atoms with Gasteiger partial charge in [-0.2, -0.15) is 0 Å². The zero-order valence-corrected chi connectivity index (χ0v) is 15.2. The molecule has 2 N–H and O–H groups in total. The lowest BCUT2D eigenvalue weighted by Crippen LogP contribution is -2.56. The van der Waals surface area contributed by atoms with Gasteiger partial charge in [-0.15, -0.1) is 0 Å². The Morgan fingerprint density at radius 1 is 1.42 bits per heavy atom. The first-order valence-electron chi connectivity index (χ1n) is 8.37. The highest BCUT2D eigenvalue weighted by atomic mass is 16.5. The van der Waals surface area contributed by atoms with Crippen LogP contribution in [0.15, 0.2) is 18.3 Å². The number of pyridine rings is 1. The number of nitrogens with one attached hydrogen (secondary N) is 2. The molecular weight excluding hydrogens is 340 g/mol. The molecule has 2 aliphatic rings. The number of carbonyl (C=O) groups is 3. The largest absolute Gasteiger partial charge is 0.453 e. The number of hydrogen-bond acceptors (Lipinski definition) is 6. The molecule has 3 heterocycles. The first-order valence-corrected chi connectivity index (χ1v) is 8.37. The van der Waals surface area contributed by atoms with E-state index in [0.29, 0.717) is 11.3 Å². The van der Waals surface area contributed by atoms with Crippen LogP contribution in [0.1, 0.15) is 36.8 Å². The van der Waals surface area contributed by atoms with Gasteiger partial charge in [0.05, 0.1) is 19.3 Å². The minimum absolute atomic E-state index is 0.0450. The maximum Gasteiger partial charge on any atom is 0.406 e. The Labute approximate surface area is 151 Å². The molecule has 1 fully saturated rings. The van der Waals surface area contributed by atoms with Crippen LogP contribution in [0.3, 0.4) is 0 Å². The van der Waals surface area contributed by atoms with Gasteiger partial charge in [0, 0.05) is 12.7 Å². The number of amides is 3. The summed E-state index contributed by atoms with van der Waals surface area (Å²) >= 11 is 0. The summed E-state index contributed by atoms with van der Waals surface area (Å²) in [5, 5.41) is 5.33. The Morgan fingerprint density at radius 3 is 2.81 bits per heavy atom. The number of aromatic nitrogens is 1. The van der Waals surface area contributed by atoms with Crippen LogP contribution in [-0.4, -0.2) is 53.6 Å². The maximum absolute atomic E-state index is 13.1. The number of carbonyl (C=O) groups excluding carboxylic acids is 3. The van der Waals surface area contributed by atoms with Crippen molar-refractivity contribution in [3.05, 3.63) is 29.6 Å². The van der Waals surface area contributed by atoms with Crippen LogP contribution in [0.25, 0.3) is 0 Å². The normalized spacial score (nSPS) is 26.6. The van der Waals surface area contributed by atoms with Gasteiger partial charge >= 0.3 is 6.09 Å². The molecule has 1 saturated heterocycles. The summed E-state index contributed by atoms with van der Waals surface area (Å²) in [6.45, 7) is 5.65. The minimum Gasteiger partial charge on any atom is -0.453 e. The number of rotatable bonds is 5. The summed E-state index contributed by atoms with van der Waals surface area (Å²) in [5.41, 5.74) is -0.353. The van der Waals surface area contributed by atoms with E-state index in [2.05, 4.69) is 20.4 Å². The van der Waals surface area contributed by atoms with Gasteiger partial charge in [-0.3, -0.25) is 19.5 Å². The standard InChI is InChI=1S/C17H22N4O5/c1-10(2)16(3)14(23)20-17(26-9-8-19-15(24)25-4)12-11(6-5-7-18-12)13(22)21(16)17/h5-7,10H,8-9H2,1-4H3,(H,19,24)(H,20,23). The highest BCUT2D eigenvalue weighted by Crippen LogP contribution is 2.48. The van der Waals surface area contributed by atoms with E-state index >= 15 is 0 Å². The Bertz CT molecular complexity index is 767. The van der Waals surface area contributed by atoms with E-state index in [-0.39, 0.29) is 30.9 Å². The van der Waals surface area contributed by atoms with E-state index in [0.717, 1.165) is 0 Å². The fourth-order valence-corrected chi connectivity index (χ4v) is 3.37. The molecule has 0 spiro atoms. The minimum atomic E-state index is -1.48. The molecule has 9 heteroatoms. The molecule has 26 heavy (non-hydrogen) atoms. The first-order chi connectivity index (χ1) is 12.3. The van der Waals surface area contributed by atoms with Gasteiger partial charge in [0.1, 0.15) is 11.2 Å². The highest BCUT2D eigenvalue weighted by Gasteiger charge is 2.68. The maximum atomic E-state index is 13.1. The average molecular weight is 362 g/mol. The molecule has 1 aromatic heterocycles. The van der Waals surface area contributed by atoms with Gasteiger partial charge in [-0.25, -0.2) is 4.79 Å². The van der Waals surface area contributed by atoms with Gasteiger partial charge in [0.2, 0.25) is 5.91 Å². The fourth-order valence-electron chi connectivity index (χ4n) is 3.37. The molecule has 140 valence electrons. The Morgan fingerprint density at radius 2 is 2.15 bits per heavy atom. The quantitative estimate of drug-likeness (QED) is 0.741. The van der Waals surface area contributed by atoms with Crippen LogP contribution in [0.4, 0.5) is 4.79 Å². The van der Waals surface area contributed by atoms with Crippen molar-refractivity contribution in [1.82, 2.24) is 20.5 Å². The molecule has 0 aromatic carbocycles. The SMILES string of the molecule is COC(=O)NCCOC12NC(=O)C(C)(C(C)C)N1C(=O)c1cccnc12. The van der Waals surface area contributed by atoms with Crippen LogP contribution < -0.4 is 10.6 Å². The zero-order valence-electron chi connectivity index (χ0n) is 15.2. The molecule has 0 bridgehead atoms. The molecule has 0 radical (unpaired) electrons. The van der Waals surface area contributed by atoms with Crippen molar-refractivity contribution in [2.75, 3.05) is 20.3 Å². The third-order valence-corrected chi connectivity index (χ3v) is 5.08. The van der Waals surface area contributed by atoms with E-state index in [1.54, 1.807) is 25.3 Å². The van der Waals surface area contributed by atoms with E-state index in [1.807, 2.05) is 13.8 Å². The molecular formula is C17H22N4O5. The van der Waals surface area contributed by atoms with Crippen LogP contribution >= 0.6 is 0 Å². The van der Waals surface area contributed by atoms with Gasteiger partial charge in [-0.05, 0) is 25.0 Å². The number of hydrogen-bond donors (Lipinski definition) is 2. The van der Waals surface area contributed by atoms with Crippen molar-refractivity contribution in [3.8, 4) is 0 Å². The molecule has 0 aliphatic carbocycles. The average Bonchev–Trinajstić information content (AvgIpc) is 3.01. The molecule has 9 nitrogen and oxygen atoms in total. The summed E-state index contributed by atoms with van der Waals surface area (Å²) < 4.78 is 10.5. The Kier molecular flexibility index (Phi) is 4.35. The Balaban J connectivity index is 1.97. The van der Waals surface area contributed by atoms with Crippen molar-refractivity contribution in [2.24, 2.45) is 5.92 Å². The summed E-state index contributed by atoms with van der Waals surface area (Å²) in [5.74, 6) is -2.26. The molecule has 2 atom stereocenters. The third-order valence-electron chi connectivity index (χ3n) is 5.08. The highest BCUT2D eigenvalue weighted by molar-refractivity contribution is 6.06. The van der Waals surface area contributed by atoms with Crippen LogP contribution in [0, 0.1) is 5.92 Å². The number of methoxy groups -OCH3 is 1. The van der Waals surface area contributed by atoms with Crippen molar-refractivity contribution < 1.29 is 23.9 Å². The van der Waals surface area contributed by atoms with E-state index in [9.17, 15) is 14.4 Å². The van der Waals surface area contributed by atoms with E-state index in [1.165, 1.54) is 12.0 Å². The summed E-state index contributed by atoms with van der Waals surface area (Å²) in [6, 6.07) is 3.33. The monoisotopic (exact) mass is 362 g/mol.